The van der Waals surface area contributed by atoms with Crippen LogP contribution in [0, 0.1) is 10.1 Å². The second kappa shape index (κ2) is 8.16. The summed E-state index contributed by atoms with van der Waals surface area (Å²) in [6.07, 6.45) is 3.02. The maximum Gasteiger partial charge on any atom is 0.331 e. The fourth-order valence-electron chi connectivity index (χ4n) is 2.68. The van der Waals surface area contributed by atoms with E-state index in [1.54, 1.807) is 45.0 Å². The predicted molar refractivity (Wildman–Crippen MR) is 108 cm³/mol. The molecule has 0 saturated carbocycles. The number of para-hydroxylation sites is 1. The lowest BCUT2D eigenvalue weighted by Crippen LogP contribution is -2.22. The third-order valence-electron chi connectivity index (χ3n) is 3.94. The van der Waals surface area contributed by atoms with Gasteiger partial charge in [-0.15, -0.1) is 0 Å². The van der Waals surface area contributed by atoms with Gasteiger partial charge < -0.3 is 4.74 Å². The van der Waals surface area contributed by atoms with Crippen molar-refractivity contribution >= 4 is 17.7 Å². The molecule has 142 valence electrons. The number of nitrogens with zero attached hydrogens (tertiary/aromatic N) is 1. The quantitative estimate of drug-likeness (QED) is 0.292. The molecule has 0 spiro atoms. The molecular weight excluding hydrogens is 342 g/mol. The monoisotopic (exact) mass is 367 g/mol. The van der Waals surface area contributed by atoms with Crippen LogP contribution < -0.4 is 0 Å². The van der Waals surface area contributed by atoms with E-state index in [-0.39, 0.29) is 5.69 Å². The van der Waals surface area contributed by atoms with E-state index in [0.717, 1.165) is 11.1 Å². The summed E-state index contributed by atoms with van der Waals surface area (Å²) in [5.41, 5.74) is 2.49. The molecule has 2 aromatic carbocycles. The molecule has 0 bridgehead atoms. The summed E-state index contributed by atoms with van der Waals surface area (Å²) in [5, 5.41) is 11.4. The zero-order valence-corrected chi connectivity index (χ0v) is 16.4. The van der Waals surface area contributed by atoms with Crippen molar-refractivity contribution < 1.29 is 14.5 Å². The molecule has 27 heavy (non-hydrogen) atoms. The largest absolute Gasteiger partial charge is 0.457 e. The van der Waals surface area contributed by atoms with Gasteiger partial charge in [0.15, 0.2) is 0 Å². The van der Waals surface area contributed by atoms with E-state index in [4.69, 9.17) is 4.74 Å². The van der Waals surface area contributed by atoms with Gasteiger partial charge in [0.1, 0.15) is 5.60 Å². The zero-order valence-electron chi connectivity index (χ0n) is 16.4. The van der Waals surface area contributed by atoms with Gasteiger partial charge in [-0.2, -0.15) is 0 Å². The first-order chi connectivity index (χ1) is 12.6. The van der Waals surface area contributed by atoms with Crippen LogP contribution >= 0.6 is 0 Å². The van der Waals surface area contributed by atoms with Crippen molar-refractivity contribution in [2.45, 2.75) is 46.1 Å². The molecule has 0 atom stereocenters. The van der Waals surface area contributed by atoms with Crippen molar-refractivity contribution in [3.8, 4) is 11.1 Å². The number of hydrogen-bond donors (Lipinski definition) is 0. The number of benzene rings is 2. The van der Waals surface area contributed by atoms with Crippen molar-refractivity contribution in [2.24, 2.45) is 0 Å². The second-order valence-electron chi connectivity index (χ2n) is 7.64. The van der Waals surface area contributed by atoms with E-state index in [2.05, 4.69) is 13.8 Å². The SMILES string of the molecule is CC(C)c1ccc(-c2ccccc2[N+](=O)[O-])c(/C=C/C(=O)OC(C)(C)C)c1. The van der Waals surface area contributed by atoms with E-state index in [1.807, 2.05) is 18.2 Å². The van der Waals surface area contributed by atoms with Crippen molar-refractivity contribution in [3.05, 3.63) is 69.8 Å². The maximum absolute atomic E-state index is 12.1. The molecule has 0 fully saturated rings. The fourth-order valence-corrected chi connectivity index (χ4v) is 2.68. The standard InChI is InChI=1S/C22H25NO4/c1-15(2)16-10-12-18(19-8-6-7-9-20(19)23(25)26)17(14-16)11-13-21(24)27-22(3,4)5/h6-15H,1-5H3/b13-11+. The van der Waals surface area contributed by atoms with E-state index < -0.39 is 16.5 Å². The average Bonchev–Trinajstić information content (AvgIpc) is 2.58. The van der Waals surface area contributed by atoms with Gasteiger partial charge >= 0.3 is 5.97 Å². The van der Waals surface area contributed by atoms with Gasteiger partial charge in [0.05, 0.1) is 10.5 Å². The first-order valence-electron chi connectivity index (χ1n) is 8.87. The Morgan fingerprint density at radius 1 is 1.11 bits per heavy atom. The Hall–Kier alpha value is -2.95. The summed E-state index contributed by atoms with van der Waals surface area (Å²) in [7, 11) is 0. The normalized spacial score (nSPS) is 11.8. The van der Waals surface area contributed by atoms with Gasteiger partial charge in [-0.05, 0) is 55.5 Å². The molecule has 0 amide bonds. The molecule has 0 aliphatic heterocycles. The molecule has 0 unspecified atom stereocenters. The Labute approximate surface area is 159 Å². The van der Waals surface area contributed by atoms with Gasteiger partial charge in [-0.1, -0.05) is 44.2 Å². The molecular formula is C22H25NO4. The molecule has 0 heterocycles. The Morgan fingerprint density at radius 2 is 1.78 bits per heavy atom. The van der Waals surface area contributed by atoms with Gasteiger partial charge in [0, 0.05) is 12.1 Å². The summed E-state index contributed by atoms with van der Waals surface area (Å²) < 4.78 is 5.31. The number of ether oxygens (including phenoxy) is 1. The first-order valence-corrected chi connectivity index (χ1v) is 8.87. The zero-order chi connectivity index (χ0) is 20.2. The van der Waals surface area contributed by atoms with Crippen LogP contribution in [0.25, 0.3) is 17.2 Å². The molecule has 2 rings (SSSR count). The van der Waals surface area contributed by atoms with E-state index >= 15 is 0 Å². The van der Waals surface area contributed by atoms with Gasteiger partial charge in [-0.25, -0.2) is 4.79 Å². The van der Waals surface area contributed by atoms with Crippen molar-refractivity contribution in [2.75, 3.05) is 0 Å². The lowest BCUT2D eigenvalue weighted by atomic mass is 9.92. The molecule has 0 saturated heterocycles. The van der Waals surface area contributed by atoms with Crippen LogP contribution in [0.4, 0.5) is 5.69 Å². The lowest BCUT2D eigenvalue weighted by molar-refractivity contribution is -0.384. The summed E-state index contributed by atoms with van der Waals surface area (Å²) in [5.74, 6) is -0.163. The maximum atomic E-state index is 12.1. The molecule has 0 aromatic heterocycles. The molecule has 5 nitrogen and oxygen atoms in total. The van der Waals surface area contributed by atoms with Crippen molar-refractivity contribution in [3.63, 3.8) is 0 Å². The highest BCUT2D eigenvalue weighted by Crippen LogP contribution is 2.34. The average molecular weight is 367 g/mol. The summed E-state index contributed by atoms with van der Waals surface area (Å²) in [6, 6.07) is 12.4. The third-order valence-corrected chi connectivity index (χ3v) is 3.94. The Morgan fingerprint density at radius 3 is 2.37 bits per heavy atom. The van der Waals surface area contributed by atoms with E-state index in [9.17, 15) is 14.9 Å². The number of nitro benzene ring substituents is 1. The van der Waals surface area contributed by atoms with Crippen LogP contribution in [-0.2, 0) is 9.53 Å². The van der Waals surface area contributed by atoms with Crippen LogP contribution in [0.2, 0.25) is 0 Å². The second-order valence-corrected chi connectivity index (χ2v) is 7.64. The summed E-state index contributed by atoms with van der Waals surface area (Å²) in [4.78, 5) is 23.1. The van der Waals surface area contributed by atoms with E-state index in [0.29, 0.717) is 17.0 Å². The number of carbonyl (C=O) groups excluding carboxylic acids is 1. The highest BCUT2D eigenvalue weighted by molar-refractivity contribution is 5.90. The van der Waals surface area contributed by atoms with Crippen LogP contribution in [0.15, 0.2) is 48.5 Å². The van der Waals surface area contributed by atoms with Gasteiger partial charge in [0.25, 0.3) is 5.69 Å². The minimum Gasteiger partial charge on any atom is -0.457 e. The highest BCUT2D eigenvalue weighted by atomic mass is 16.6. The van der Waals surface area contributed by atoms with E-state index in [1.165, 1.54) is 12.1 Å². The topological polar surface area (TPSA) is 69.4 Å². The van der Waals surface area contributed by atoms with Crippen LogP contribution in [0.1, 0.15) is 51.7 Å². The molecule has 0 aliphatic carbocycles. The van der Waals surface area contributed by atoms with Crippen LogP contribution in [0.3, 0.4) is 0 Å². The molecule has 5 heteroatoms. The summed E-state index contributed by atoms with van der Waals surface area (Å²) >= 11 is 0. The number of nitro groups is 1. The number of hydrogen-bond acceptors (Lipinski definition) is 4. The summed E-state index contributed by atoms with van der Waals surface area (Å²) in [6.45, 7) is 9.55. The Balaban J connectivity index is 2.53. The molecule has 0 aliphatic rings. The third kappa shape index (κ3) is 5.51. The lowest BCUT2D eigenvalue weighted by Gasteiger charge is -2.18. The Bertz CT molecular complexity index is 876. The van der Waals surface area contributed by atoms with Crippen LogP contribution in [-0.4, -0.2) is 16.5 Å². The Kier molecular flexibility index (Phi) is 6.16. The number of carbonyl (C=O) groups is 1. The predicted octanol–water partition coefficient (Wildman–Crippen LogP) is 5.74. The van der Waals surface area contributed by atoms with Crippen molar-refractivity contribution in [1.29, 1.82) is 0 Å². The minimum absolute atomic E-state index is 0.0294. The fraction of sp³-hybridized carbons (Fsp3) is 0.318. The number of esters is 1. The first kappa shape index (κ1) is 20.4. The molecule has 0 radical (unpaired) electrons. The van der Waals surface area contributed by atoms with Gasteiger partial charge in [-0.3, -0.25) is 10.1 Å². The molecule has 2 aromatic rings. The molecule has 0 N–H and O–H groups in total. The number of rotatable bonds is 5. The smallest absolute Gasteiger partial charge is 0.331 e. The minimum atomic E-state index is -0.581. The van der Waals surface area contributed by atoms with Gasteiger partial charge in [0.2, 0.25) is 0 Å². The van der Waals surface area contributed by atoms with Crippen LogP contribution in [0.5, 0.6) is 0 Å². The van der Waals surface area contributed by atoms with Crippen molar-refractivity contribution in [1.82, 2.24) is 0 Å². The highest BCUT2D eigenvalue weighted by Gasteiger charge is 2.18.